The number of nitrogens with two attached hydrogens (primary N) is 1. The van der Waals surface area contributed by atoms with E-state index in [0.29, 0.717) is 0 Å². The molecule has 1 saturated carbocycles. The summed E-state index contributed by atoms with van der Waals surface area (Å²) in [6, 6.07) is 4.64. The Hall–Kier alpha value is -1.35. The molecule has 2 rings (SSSR count). The Morgan fingerprint density at radius 3 is 2.87 bits per heavy atom. The van der Waals surface area contributed by atoms with E-state index >= 15 is 0 Å². The first-order chi connectivity index (χ1) is 7.29. The van der Waals surface area contributed by atoms with Crippen LogP contribution in [0.25, 0.3) is 0 Å². The lowest BCUT2D eigenvalue weighted by atomic mass is 10.3. The van der Waals surface area contributed by atoms with Gasteiger partial charge in [-0.15, -0.1) is 6.58 Å². The number of hydrogen-bond donors (Lipinski definition) is 1. The summed E-state index contributed by atoms with van der Waals surface area (Å²) in [4.78, 5) is 6.72. The molecular formula is C12H17N3. The summed E-state index contributed by atoms with van der Waals surface area (Å²) in [7, 11) is 0. The van der Waals surface area contributed by atoms with Crippen LogP contribution in [-0.2, 0) is 6.54 Å². The van der Waals surface area contributed by atoms with Gasteiger partial charge in [0, 0.05) is 19.1 Å². The molecule has 0 amide bonds. The Kier molecular flexibility index (Phi) is 3.02. The van der Waals surface area contributed by atoms with Crippen molar-refractivity contribution in [2.24, 2.45) is 0 Å². The van der Waals surface area contributed by atoms with Gasteiger partial charge in [-0.05, 0) is 25.0 Å². The Labute approximate surface area is 90.6 Å². The summed E-state index contributed by atoms with van der Waals surface area (Å²) < 4.78 is 0. The lowest BCUT2D eigenvalue weighted by Crippen LogP contribution is -2.25. The normalized spacial score (nSPS) is 15.5. The van der Waals surface area contributed by atoms with Gasteiger partial charge in [-0.2, -0.15) is 0 Å². The van der Waals surface area contributed by atoms with Crippen molar-refractivity contribution in [3.63, 3.8) is 0 Å². The predicted octanol–water partition coefficient (Wildman–Crippen LogP) is 1.81. The summed E-state index contributed by atoms with van der Waals surface area (Å²) in [6.45, 7) is 5.63. The van der Waals surface area contributed by atoms with Crippen LogP contribution in [0.1, 0.15) is 18.5 Å². The number of anilines is 1. The van der Waals surface area contributed by atoms with Crippen LogP contribution in [0.2, 0.25) is 0 Å². The smallest absolute Gasteiger partial charge is 0.0545 e. The minimum atomic E-state index is 0.723. The Balaban J connectivity index is 1.98. The summed E-state index contributed by atoms with van der Waals surface area (Å²) >= 11 is 0. The van der Waals surface area contributed by atoms with Gasteiger partial charge in [-0.25, -0.2) is 0 Å². The quantitative estimate of drug-likeness (QED) is 0.742. The highest BCUT2D eigenvalue weighted by Crippen LogP contribution is 2.27. The van der Waals surface area contributed by atoms with E-state index in [1.165, 1.54) is 12.8 Å². The van der Waals surface area contributed by atoms with Crippen molar-refractivity contribution in [3.8, 4) is 0 Å². The highest BCUT2D eigenvalue weighted by molar-refractivity contribution is 5.34. The molecular weight excluding hydrogens is 186 g/mol. The monoisotopic (exact) mass is 203 g/mol. The molecule has 0 aromatic carbocycles. The summed E-state index contributed by atoms with van der Waals surface area (Å²) in [6.07, 6.45) is 6.29. The van der Waals surface area contributed by atoms with Gasteiger partial charge in [0.25, 0.3) is 0 Å². The van der Waals surface area contributed by atoms with E-state index in [9.17, 15) is 0 Å². The van der Waals surface area contributed by atoms with Crippen LogP contribution in [0.5, 0.6) is 0 Å². The fraction of sp³-hybridized carbons (Fsp3) is 0.417. The molecule has 0 spiro atoms. The number of rotatable bonds is 5. The van der Waals surface area contributed by atoms with Crippen LogP contribution in [0.3, 0.4) is 0 Å². The second-order valence-corrected chi connectivity index (χ2v) is 4.03. The lowest BCUT2D eigenvalue weighted by molar-refractivity contribution is 0.280. The number of nitrogens with zero attached hydrogens (tertiary/aromatic N) is 2. The Bertz CT molecular complexity index is 327. The SMILES string of the molecule is C=CCN(Cc1ccc(N)cn1)C1CC1. The average Bonchev–Trinajstić information content (AvgIpc) is 3.04. The fourth-order valence-electron chi connectivity index (χ4n) is 1.69. The van der Waals surface area contributed by atoms with Crippen molar-refractivity contribution in [1.82, 2.24) is 9.88 Å². The Morgan fingerprint density at radius 2 is 2.33 bits per heavy atom. The third-order valence-corrected chi connectivity index (χ3v) is 2.64. The first kappa shape index (κ1) is 10.2. The third kappa shape index (κ3) is 2.80. The zero-order valence-electron chi connectivity index (χ0n) is 8.89. The molecule has 1 aromatic rings. The zero-order valence-corrected chi connectivity index (χ0v) is 8.89. The maximum absolute atomic E-state index is 5.60. The van der Waals surface area contributed by atoms with Gasteiger partial charge in [0.1, 0.15) is 0 Å². The molecule has 1 heterocycles. The number of aromatic nitrogens is 1. The van der Waals surface area contributed by atoms with Gasteiger partial charge in [0.05, 0.1) is 17.6 Å². The van der Waals surface area contributed by atoms with Crippen molar-refractivity contribution in [2.75, 3.05) is 12.3 Å². The Morgan fingerprint density at radius 1 is 1.53 bits per heavy atom. The van der Waals surface area contributed by atoms with Crippen molar-refractivity contribution in [1.29, 1.82) is 0 Å². The van der Waals surface area contributed by atoms with Crippen LogP contribution in [0.15, 0.2) is 31.0 Å². The molecule has 2 N–H and O–H groups in total. The minimum absolute atomic E-state index is 0.723. The number of hydrogen-bond acceptors (Lipinski definition) is 3. The molecule has 1 aromatic heterocycles. The van der Waals surface area contributed by atoms with Crippen LogP contribution in [0, 0.1) is 0 Å². The standard InChI is InChI=1S/C12H17N3/c1-2-7-15(12-5-6-12)9-11-4-3-10(13)8-14-11/h2-4,8,12H,1,5-7,9,13H2. The second-order valence-electron chi connectivity index (χ2n) is 4.03. The maximum Gasteiger partial charge on any atom is 0.0545 e. The van der Waals surface area contributed by atoms with Gasteiger partial charge in [0.15, 0.2) is 0 Å². The molecule has 0 bridgehead atoms. The molecule has 15 heavy (non-hydrogen) atoms. The largest absolute Gasteiger partial charge is 0.397 e. The van der Waals surface area contributed by atoms with Gasteiger partial charge in [-0.1, -0.05) is 6.08 Å². The maximum atomic E-state index is 5.60. The van der Waals surface area contributed by atoms with Gasteiger partial charge >= 0.3 is 0 Å². The highest BCUT2D eigenvalue weighted by Gasteiger charge is 2.28. The number of pyridine rings is 1. The van der Waals surface area contributed by atoms with Crippen molar-refractivity contribution in [3.05, 3.63) is 36.7 Å². The minimum Gasteiger partial charge on any atom is -0.397 e. The van der Waals surface area contributed by atoms with E-state index in [1.807, 2.05) is 18.2 Å². The summed E-state index contributed by atoms with van der Waals surface area (Å²) in [5.74, 6) is 0. The van der Waals surface area contributed by atoms with Crippen LogP contribution >= 0.6 is 0 Å². The number of nitrogen functional groups attached to an aromatic ring is 1. The van der Waals surface area contributed by atoms with E-state index in [4.69, 9.17) is 5.73 Å². The van der Waals surface area contributed by atoms with E-state index in [0.717, 1.165) is 30.5 Å². The molecule has 0 saturated heterocycles. The molecule has 1 aliphatic rings. The lowest BCUT2D eigenvalue weighted by Gasteiger charge is -2.19. The molecule has 3 nitrogen and oxygen atoms in total. The molecule has 1 aliphatic carbocycles. The van der Waals surface area contributed by atoms with Crippen LogP contribution in [-0.4, -0.2) is 22.5 Å². The van der Waals surface area contributed by atoms with E-state index < -0.39 is 0 Å². The van der Waals surface area contributed by atoms with Gasteiger partial charge in [-0.3, -0.25) is 9.88 Å². The molecule has 0 unspecified atom stereocenters. The van der Waals surface area contributed by atoms with E-state index in [1.54, 1.807) is 6.20 Å². The molecule has 80 valence electrons. The second kappa shape index (κ2) is 4.45. The molecule has 3 heteroatoms. The summed E-state index contributed by atoms with van der Waals surface area (Å²) in [5.41, 5.74) is 7.40. The fourth-order valence-corrected chi connectivity index (χ4v) is 1.69. The average molecular weight is 203 g/mol. The topological polar surface area (TPSA) is 42.1 Å². The van der Waals surface area contributed by atoms with Gasteiger partial charge < -0.3 is 5.73 Å². The first-order valence-corrected chi connectivity index (χ1v) is 5.35. The summed E-state index contributed by atoms with van der Waals surface area (Å²) in [5, 5.41) is 0. The van der Waals surface area contributed by atoms with Gasteiger partial charge in [0.2, 0.25) is 0 Å². The van der Waals surface area contributed by atoms with Crippen molar-refractivity contribution in [2.45, 2.75) is 25.4 Å². The molecule has 0 atom stereocenters. The van der Waals surface area contributed by atoms with Crippen LogP contribution in [0.4, 0.5) is 5.69 Å². The third-order valence-electron chi connectivity index (χ3n) is 2.64. The van der Waals surface area contributed by atoms with Crippen molar-refractivity contribution < 1.29 is 0 Å². The highest BCUT2D eigenvalue weighted by atomic mass is 15.2. The van der Waals surface area contributed by atoms with Crippen LogP contribution < -0.4 is 5.73 Å². The predicted molar refractivity (Wildman–Crippen MR) is 62.3 cm³/mol. The molecule has 0 aliphatic heterocycles. The molecule has 1 fully saturated rings. The zero-order chi connectivity index (χ0) is 10.7. The first-order valence-electron chi connectivity index (χ1n) is 5.35. The van der Waals surface area contributed by atoms with Crippen molar-refractivity contribution >= 4 is 5.69 Å². The van der Waals surface area contributed by atoms with E-state index in [2.05, 4.69) is 16.5 Å². The van der Waals surface area contributed by atoms with E-state index in [-0.39, 0.29) is 0 Å². The molecule has 0 radical (unpaired) electrons.